The lowest BCUT2D eigenvalue weighted by atomic mass is 9.82. The zero-order valence-electron chi connectivity index (χ0n) is 12.8. The number of rotatable bonds is 3. The number of fused-ring (bicyclic) bond motifs is 2. The number of imidazole rings is 1. The van der Waals surface area contributed by atoms with Gasteiger partial charge in [0.2, 0.25) is 0 Å². The Morgan fingerprint density at radius 3 is 2.78 bits per heavy atom. The summed E-state index contributed by atoms with van der Waals surface area (Å²) < 4.78 is 1.78. The number of nitrogens with two attached hydrogens (primary N) is 1. The summed E-state index contributed by atoms with van der Waals surface area (Å²) in [7, 11) is 0. The molecule has 2 heterocycles. The molecule has 2 aliphatic rings. The lowest BCUT2D eigenvalue weighted by Crippen LogP contribution is -2.42. The summed E-state index contributed by atoms with van der Waals surface area (Å²) in [6, 6.07) is -0.314. The van der Waals surface area contributed by atoms with Crippen LogP contribution in [0, 0.1) is 11.3 Å². The molecule has 9 heteroatoms. The number of nitrogens with zero attached hydrogens (tertiary/aromatic N) is 4. The number of aromatic nitrogens is 4. The second kappa shape index (κ2) is 4.56. The summed E-state index contributed by atoms with van der Waals surface area (Å²) in [5, 5.41) is 31.5. The SMILES string of the molecule is CSc1nc(N)c2ncn(C3[C@@H]4C[C@](C)(CO)[C@@H](O)[C@@]34O)c2n1. The third-order valence-corrected chi connectivity index (χ3v) is 5.94. The van der Waals surface area contributed by atoms with Gasteiger partial charge in [-0.2, -0.15) is 0 Å². The van der Waals surface area contributed by atoms with Gasteiger partial charge in [-0.05, 0) is 12.7 Å². The highest BCUT2D eigenvalue weighted by Gasteiger charge is 2.77. The van der Waals surface area contributed by atoms with Gasteiger partial charge in [-0.15, -0.1) is 0 Å². The van der Waals surface area contributed by atoms with E-state index in [4.69, 9.17) is 5.73 Å². The zero-order valence-corrected chi connectivity index (χ0v) is 13.7. The minimum atomic E-state index is -1.26. The van der Waals surface area contributed by atoms with Gasteiger partial charge in [0.1, 0.15) is 11.1 Å². The number of nitrogen functional groups attached to an aromatic ring is 1. The van der Waals surface area contributed by atoms with E-state index in [-0.39, 0.29) is 18.6 Å². The van der Waals surface area contributed by atoms with Gasteiger partial charge in [0.15, 0.2) is 16.6 Å². The Hall–Kier alpha value is -1.42. The molecule has 5 atom stereocenters. The second-order valence-electron chi connectivity index (χ2n) is 6.78. The molecule has 5 N–H and O–H groups in total. The minimum Gasteiger partial charge on any atom is -0.396 e. The number of aliphatic hydroxyl groups excluding tert-OH is 2. The molecule has 8 nitrogen and oxygen atoms in total. The van der Waals surface area contributed by atoms with E-state index in [1.807, 2.05) is 6.26 Å². The first-order valence-corrected chi connectivity index (χ1v) is 8.64. The number of anilines is 1. The van der Waals surface area contributed by atoms with Crippen molar-refractivity contribution < 1.29 is 15.3 Å². The Morgan fingerprint density at radius 2 is 2.22 bits per heavy atom. The molecule has 0 aromatic carbocycles. The first kappa shape index (κ1) is 15.1. The van der Waals surface area contributed by atoms with Crippen LogP contribution in [0.4, 0.5) is 5.82 Å². The topological polar surface area (TPSA) is 130 Å². The monoisotopic (exact) mass is 337 g/mol. The average molecular weight is 337 g/mol. The standard InChI is InChI=1S/C14H19N5O3S/c1-13(4-20)3-6-8(14(6,22)11(13)21)19-5-16-7-9(15)17-12(23-2)18-10(7)19/h5-6,8,11,20-22H,3-4H2,1-2H3,(H2,15,17,18)/t6-,8?,11+,13+,14-/m0/s1. The zero-order chi connectivity index (χ0) is 16.6. The first-order chi connectivity index (χ1) is 10.9. The summed E-state index contributed by atoms with van der Waals surface area (Å²) in [6.07, 6.45) is 2.99. The molecule has 0 bridgehead atoms. The van der Waals surface area contributed by atoms with E-state index in [9.17, 15) is 15.3 Å². The molecule has 124 valence electrons. The molecule has 2 aliphatic carbocycles. The largest absolute Gasteiger partial charge is 0.396 e. The second-order valence-corrected chi connectivity index (χ2v) is 7.55. The molecule has 23 heavy (non-hydrogen) atoms. The van der Waals surface area contributed by atoms with Crippen LogP contribution in [0.2, 0.25) is 0 Å². The van der Waals surface area contributed by atoms with Crippen molar-refractivity contribution in [1.82, 2.24) is 19.5 Å². The van der Waals surface area contributed by atoms with E-state index in [1.165, 1.54) is 11.8 Å². The van der Waals surface area contributed by atoms with Crippen molar-refractivity contribution in [2.24, 2.45) is 11.3 Å². The maximum Gasteiger partial charge on any atom is 0.191 e. The number of hydrogen-bond acceptors (Lipinski definition) is 8. The van der Waals surface area contributed by atoms with Gasteiger partial charge in [0, 0.05) is 11.3 Å². The molecule has 0 aliphatic heterocycles. The summed E-state index contributed by atoms with van der Waals surface area (Å²) in [6.45, 7) is 1.63. The van der Waals surface area contributed by atoms with E-state index in [0.717, 1.165) is 0 Å². The van der Waals surface area contributed by atoms with Crippen LogP contribution in [0.1, 0.15) is 19.4 Å². The van der Waals surface area contributed by atoms with Crippen LogP contribution >= 0.6 is 11.8 Å². The number of thioether (sulfide) groups is 1. The van der Waals surface area contributed by atoms with Crippen molar-refractivity contribution >= 4 is 28.7 Å². The normalized spacial score (nSPS) is 38.9. The summed E-state index contributed by atoms with van der Waals surface area (Å²) >= 11 is 1.38. The third kappa shape index (κ3) is 1.76. The maximum absolute atomic E-state index is 10.9. The molecule has 2 aromatic heterocycles. The van der Waals surface area contributed by atoms with E-state index >= 15 is 0 Å². The predicted molar refractivity (Wildman–Crippen MR) is 84.8 cm³/mol. The van der Waals surface area contributed by atoms with Crippen molar-refractivity contribution in [3.63, 3.8) is 0 Å². The third-order valence-electron chi connectivity index (χ3n) is 5.40. The highest BCUT2D eigenvalue weighted by atomic mass is 32.2. The molecule has 0 spiro atoms. The Morgan fingerprint density at radius 1 is 1.48 bits per heavy atom. The van der Waals surface area contributed by atoms with Gasteiger partial charge >= 0.3 is 0 Å². The smallest absolute Gasteiger partial charge is 0.191 e. The Bertz CT molecular complexity index is 798. The van der Waals surface area contributed by atoms with Crippen LogP contribution < -0.4 is 5.73 Å². The summed E-state index contributed by atoms with van der Waals surface area (Å²) in [5.74, 6) is 0.164. The highest BCUT2D eigenvalue weighted by Crippen LogP contribution is 2.69. The molecule has 0 radical (unpaired) electrons. The van der Waals surface area contributed by atoms with Crippen LogP contribution in [-0.4, -0.2) is 59.4 Å². The quantitative estimate of drug-likeness (QED) is 0.447. The van der Waals surface area contributed by atoms with Crippen molar-refractivity contribution in [2.45, 2.75) is 36.2 Å². The predicted octanol–water partition coefficient (Wildman–Crippen LogP) is -0.204. The van der Waals surface area contributed by atoms with Gasteiger partial charge < -0.3 is 25.6 Å². The van der Waals surface area contributed by atoms with Crippen molar-refractivity contribution in [2.75, 3.05) is 18.6 Å². The fourth-order valence-electron chi connectivity index (χ4n) is 4.04. The fraction of sp³-hybridized carbons (Fsp3) is 0.643. The molecular weight excluding hydrogens is 318 g/mol. The lowest BCUT2D eigenvalue weighted by molar-refractivity contribution is -0.0742. The molecule has 2 fully saturated rings. The molecule has 2 aromatic rings. The first-order valence-electron chi connectivity index (χ1n) is 7.42. The Balaban J connectivity index is 1.77. The van der Waals surface area contributed by atoms with E-state index < -0.39 is 17.1 Å². The average Bonchev–Trinajstić information content (AvgIpc) is 2.84. The minimum absolute atomic E-state index is 0.138. The maximum atomic E-state index is 10.9. The number of hydrogen-bond donors (Lipinski definition) is 4. The van der Waals surface area contributed by atoms with Crippen molar-refractivity contribution in [3.05, 3.63) is 6.33 Å². The summed E-state index contributed by atoms with van der Waals surface area (Å²) in [4.78, 5) is 12.9. The fourth-order valence-corrected chi connectivity index (χ4v) is 4.41. The van der Waals surface area contributed by atoms with Crippen LogP contribution in [-0.2, 0) is 0 Å². The molecule has 0 amide bonds. The van der Waals surface area contributed by atoms with E-state index in [0.29, 0.717) is 28.6 Å². The highest BCUT2D eigenvalue weighted by molar-refractivity contribution is 7.98. The van der Waals surface area contributed by atoms with Crippen LogP contribution in [0.5, 0.6) is 0 Å². The van der Waals surface area contributed by atoms with E-state index in [2.05, 4.69) is 15.0 Å². The number of aliphatic hydroxyl groups is 3. The Kier molecular flexibility index (Phi) is 3.00. The Labute approximate surface area is 136 Å². The molecule has 1 unspecified atom stereocenters. The molecule has 2 saturated carbocycles. The molecule has 4 rings (SSSR count). The van der Waals surface area contributed by atoms with Crippen LogP contribution in [0.15, 0.2) is 11.5 Å². The van der Waals surface area contributed by atoms with Gasteiger partial charge in [-0.25, -0.2) is 15.0 Å². The van der Waals surface area contributed by atoms with E-state index in [1.54, 1.807) is 17.8 Å². The van der Waals surface area contributed by atoms with Gasteiger partial charge in [0.25, 0.3) is 0 Å². The lowest BCUT2D eigenvalue weighted by Gasteiger charge is -2.32. The van der Waals surface area contributed by atoms with Crippen LogP contribution in [0.3, 0.4) is 0 Å². The van der Waals surface area contributed by atoms with Gasteiger partial charge in [0.05, 0.1) is 25.1 Å². The van der Waals surface area contributed by atoms with Crippen LogP contribution in [0.25, 0.3) is 11.2 Å². The van der Waals surface area contributed by atoms with Gasteiger partial charge in [-0.1, -0.05) is 18.7 Å². The summed E-state index contributed by atoms with van der Waals surface area (Å²) in [5.41, 5.74) is 5.05. The van der Waals surface area contributed by atoms with Crippen molar-refractivity contribution in [3.8, 4) is 0 Å². The molecule has 0 saturated heterocycles. The molecular formula is C14H19N5O3S. The van der Waals surface area contributed by atoms with Crippen molar-refractivity contribution in [1.29, 1.82) is 0 Å². The van der Waals surface area contributed by atoms with Gasteiger partial charge in [-0.3, -0.25) is 0 Å².